The molecule has 0 heterocycles. The van der Waals surface area contributed by atoms with Crippen molar-refractivity contribution in [2.45, 2.75) is 19.4 Å². The lowest BCUT2D eigenvalue weighted by atomic mass is 10.2. The first-order valence-corrected chi connectivity index (χ1v) is 7.79. The zero-order valence-corrected chi connectivity index (χ0v) is 13.3. The van der Waals surface area contributed by atoms with Crippen LogP contribution in [0.3, 0.4) is 0 Å². The van der Waals surface area contributed by atoms with Crippen molar-refractivity contribution in [3.8, 4) is 0 Å². The second-order valence-electron chi connectivity index (χ2n) is 5.35. The van der Waals surface area contributed by atoms with Crippen molar-refractivity contribution >= 4 is 6.09 Å². The van der Waals surface area contributed by atoms with E-state index in [0.717, 1.165) is 45.7 Å². The van der Waals surface area contributed by atoms with Gasteiger partial charge in [0.15, 0.2) is 0 Å². The van der Waals surface area contributed by atoms with E-state index in [-0.39, 0.29) is 0 Å². The largest absolute Gasteiger partial charge is 0.465 e. The fraction of sp³-hybridized carbons (Fsp3) is 0.562. The number of nitrogens with one attached hydrogen (secondary N) is 3. The van der Waals surface area contributed by atoms with Crippen LogP contribution in [0.15, 0.2) is 30.3 Å². The maximum Gasteiger partial charge on any atom is 0.404 e. The Morgan fingerprint density at radius 3 is 2.45 bits per heavy atom. The van der Waals surface area contributed by atoms with E-state index >= 15 is 0 Å². The molecule has 124 valence electrons. The maximum absolute atomic E-state index is 10.2. The highest BCUT2D eigenvalue weighted by atomic mass is 16.4. The van der Waals surface area contributed by atoms with Crippen LogP contribution in [0.5, 0.6) is 0 Å². The minimum absolute atomic E-state index is 0.527. The third kappa shape index (κ3) is 10.1. The molecular weight excluding hydrogens is 280 g/mol. The van der Waals surface area contributed by atoms with Crippen LogP contribution in [0.2, 0.25) is 0 Å². The summed E-state index contributed by atoms with van der Waals surface area (Å²) in [4.78, 5) is 12.5. The Bertz CT molecular complexity index is 400. The summed E-state index contributed by atoms with van der Waals surface area (Å²) in [5, 5.41) is 17.5. The molecule has 0 aliphatic heterocycles. The van der Waals surface area contributed by atoms with Crippen molar-refractivity contribution < 1.29 is 9.90 Å². The molecule has 0 radical (unpaired) electrons. The average molecular weight is 308 g/mol. The molecule has 0 unspecified atom stereocenters. The molecule has 4 N–H and O–H groups in total. The number of rotatable bonds is 12. The molecule has 0 aliphatic carbocycles. The van der Waals surface area contributed by atoms with Crippen LogP contribution in [-0.4, -0.2) is 56.0 Å². The first-order chi connectivity index (χ1) is 10.7. The fourth-order valence-electron chi connectivity index (χ4n) is 2.09. The number of carbonyl (C=O) groups is 1. The molecule has 1 rings (SSSR count). The van der Waals surface area contributed by atoms with Gasteiger partial charge in [0.25, 0.3) is 0 Å². The summed E-state index contributed by atoms with van der Waals surface area (Å²) in [5.74, 6) is 0. The molecule has 6 nitrogen and oxygen atoms in total. The number of unbranched alkanes of at least 4 members (excludes halogenated alkanes) is 1. The Morgan fingerprint density at radius 2 is 1.73 bits per heavy atom. The molecule has 0 atom stereocenters. The molecule has 0 fully saturated rings. The van der Waals surface area contributed by atoms with E-state index in [9.17, 15) is 4.79 Å². The Kier molecular flexibility index (Phi) is 10.0. The zero-order chi connectivity index (χ0) is 16.0. The molecule has 6 heteroatoms. The lowest BCUT2D eigenvalue weighted by Crippen LogP contribution is -2.35. The van der Waals surface area contributed by atoms with Gasteiger partial charge in [-0.1, -0.05) is 30.3 Å². The second kappa shape index (κ2) is 12.0. The fourth-order valence-corrected chi connectivity index (χ4v) is 2.09. The van der Waals surface area contributed by atoms with Crippen LogP contribution in [-0.2, 0) is 6.54 Å². The van der Waals surface area contributed by atoms with Crippen LogP contribution in [0, 0.1) is 0 Å². The minimum atomic E-state index is -0.947. The molecule has 0 aromatic heterocycles. The van der Waals surface area contributed by atoms with Gasteiger partial charge in [0.1, 0.15) is 0 Å². The smallest absolute Gasteiger partial charge is 0.404 e. The van der Waals surface area contributed by atoms with Gasteiger partial charge in [-0.2, -0.15) is 0 Å². The van der Waals surface area contributed by atoms with Crippen molar-refractivity contribution in [2.24, 2.45) is 0 Å². The van der Waals surface area contributed by atoms with Gasteiger partial charge in [0, 0.05) is 32.8 Å². The van der Waals surface area contributed by atoms with Crippen LogP contribution in [0.1, 0.15) is 18.4 Å². The minimum Gasteiger partial charge on any atom is -0.465 e. The van der Waals surface area contributed by atoms with E-state index in [1.165, 1.54) is 5.56 Å². The van der Waals surface area contributed by atoms with Gasteiger partial charge in [-0.3, -0.25) is 4.90 Å². The summed E-state index contributed by atoms with van der Waals surface area (Å²) < 4.78 is 0. The normalized spacial score (nSPS) is 10.8. The molecule has 0 saturated heterocycles. The number of hydrogen-bond donors (Lipinski definition) is 4. The monoisotopic (exact) mass is 308 g/mol. The highest BCUT2D eigenvalue weighted by Crippen LogP contribution is 2.01. The molecule has 1 amide bonds. The molecule has 0 spiro atoms. The molecule has 0 saturated carbocycles. The van der Waals surface area contributed by atoms with Crippen LogP contribution in [0.25, 0.3) is 0 Å². The molecule has 1 aromatic carbocycles. The van der Waals surface area contributed by atoms with E-state index in [1.807, 2.05) is 6.07 Å². The summed E-state index contributed by atoms with van der Waals surface area (Å²) in [5.41, 5.74) is 1.32. The number of carboxylic acid groups (broad SMARTS) is 1. The first-order valence-electron chi connectivity index (χ1n) is 7.79. The van der Waals surface area contributed by atoms with E-state index in [2.05, 4.69) is 52.2 Å². The third-order valence-corrected chi connectivity index (χ3v) is 3.21. The summed E-state index contributed by atoms with van der Waals surface area (Å²) >= 11 is 0. The molecule has 1 aromatic rings. The van der Waals surface area contributed by atoms with E-state index in [0.29, 0.717) is 6.54 Å². The van der Waals surface area contributed by atoms with Gasteiger partial charge < -0.3 is 21.1 Å². The average Bonchev–Trinajstić information content (AvgIpc) is 2.50. The maximum atomic E-state index is 10.2. The number of hydrogen-bond acceptors (Lipinski definition) is 4. The molecule has 0 aliphatic rings. The summed E-state index contributed by atoms with van der Waals surface area (Å²) in [6, 6.07) is 10.4. The molecular formula is C16H28N4O2. The lowest BCUT2D eigenvalue weighted by Gasteiger charge is -2.17. The Morgan fingerprint density at radius 1 is 1.05 bits per heavy atom. The molecule has 22 heavy (non-hydrogen) atoms. The Labute approximate surface area is 132 Å². The quantitative estimate of drug-likeness (QED) is 0.346. The number of amides is 1. The van der Waals surface area contributed by atoms with Crippen molar-refractivity contribution in [1.82, 2.24) is 20.9 Å². The van der Waals surface area contributed by atoms with Gasteiger partial charge in [-0.15, -0.1) is 0 Å². The predicted octanol–water partition coefficient (Wildman–Crippen LogP) is 1.30. The SMILES string of the molecule is CN(CNCCNCCCCNC(=O)O)Cc1ccccc1. The Balaban J connectivity index is 1.88. The predicted molar refractivity (Wildman–Crippen MR) is 88.9 cm³/mol. The van der Waals surface area contributed by atoms with Crippen LogP contribution < -0.4 is 16.0 Å². The van der Waals surface area contributed by atoms with Gasteiger partial charge in [0.05, 0.1) is 0 Å². The van der Waals surface area contributed by atoms with Crippen molar-refractivity contribution in [3.05, 3.63) is 35.9 Å². The molecule has 0 bridgehead atoms. The highest BCUT2D eigenvalue weighted by Gasteiger charge is 1.98. The number of benzene rings is 1. The third-order valence-electron chi connectivity index (χ3n) is 3.21. The van der Waals surface area contributed by atoms with Gasteiger partial charge in [0.2, 0.25) is 0 Å². The Hall–Kier alpha value is -1.63. The topological polar surface area (TPSA) is 76.6 Å². The first kappa shape index (κ1) is 18.4. The van der Waals surface area contributed by atoms with Gasteiger partial charge in [-0.25, -0.2) is 4.79 Å². The standard InChI is InChI=1S/C16H28N4O2/c1-20(13-15-7-3-2-4-8-15)14-18-12-11-17-9-5-6-10-19-16(21)22/h2-4,7-8,17-19H,5-6,9-14H2,1H3,(H,21,22). The van der Waals surface area contributed by atoms with E-state index in [1.54, 1.807) is 0 Å². The van der Waals surface area contributed by atoms with Gasteiger partial charge in [-0.05, 0) is 32.0 Å². The van der Waals surface area contributed by atoms with E-state index in [4.69, 9.17) is 5.11 Å². The number of nitrogens with zero attached hydrogens (tertiary/aromatic N) is 1. The van der Waals surface area contributed by atoms with Crippen molar-refractivity contribution in [3.63, 3.8) is 0 Å². The second-order valence-corrected chi connectivity index (χ2v) is 5.35. The van der Waals surface area contributed by atoms with Crippen molar-refractivity contribution in [1.29, 1.82) is 0 Å². The van der Waals surface area contributed by atoms with E-state index < -0.39 is 6.09 Å². The zero-order valence-electron chi connectivity index (χ0n) is 13.3. The van der Waals surface area contributed by atoms with Crippen molar-refractivity contribution in [2.75, 3.05) is 39.9 Å². The highest BCUT2D eigenvalue weighted by molar-refractivity contribution is 5.64. The lowest BCUT2D eigenvalue weighted by molar-refractivity contribution is 0.194. The summed E-state index contributed by atoms with van der Waals surface area (Å²) in [6.45, 7) is 5.09. The van der Waals surface area contributed by atoms with Crippen LogP contribution in [0.4, 0.5) is 4.79 Å². The summed E-state index contributed by atoms with van der Waals surface area (Å²) in [7, 11) is 2.10. The summed E-state index contributed by atoms with van der Waals surface area (Å²) in [6.07, 6.45) is 0.901. The van der Waals surface area contributed by atoms with Gasteiger partial charge >= 0.3 is 6.09 Å². The van der Waals surface area contributed by atoms with Crippen LogP contribution >= 0.6 is 0 Å².